The van der Waals surface area contributed by atoms with Gasteiger partial charge in [-0.05, 0) is 63.3 Å². The third-order valence-corrected chi connectivity index (χ3v) is 3.36. The van der Waals surface area contributed by atoms with E-state index in [0.29, 0.717) is 5.56 Å². The molecule has 0 aliphatic heterocycles. The average Bonchev–Trinajstić information content (AvgIpc) is 2.59. The van der Waals surface area contributed by atoms with E-state index in [4.69, 9.17) is 10.5 Å². The van der Waals surface area contributed by atoms with Crippen LogP contribution in [0.4, 0.5) is 0 Å². The first-order chi connectivity index (χ1) is 8.29. The van der Waals surface area contributed by atoms with Crippen LogP contribution in [0, 0.1) is 6.92 Å². The summed E-state index contributed by atoms with van der Waals surface area (Å²) in [5.74, 6) is -0.247. The summed E-state index contributed by atoms with van der Waals surface area (Å²) in [6, 6.07) is 3.93. The molecule has 0 fully saturated rings. The van der Waals surface area contributed by atoms with E-state index in [-0.39, 0.29) is 12.0 Å². The van der Waals surface area contributed by atoms with Crippen LogP contribution in [0.5, 0.6) is 0 Å². The molecule has 2 rings (SSSR count). The standard InChI is InChI=1S/C15H21NO2/c1-9-10-7-8-13(16)12(10)6-5-11(9)14(17)18-15(2,3)4/h5-6,13H,7-8,16H2,1-4H3/t13-/m0/s1. The number of hydrogen-bond acceptors (Lipinski definition) is 3. The van der Waals surface area contributed by atoms with Crippen molar-refractivity contribution in [2.24, 2.45) is 5.73 Å². The van der Waals surface area contributed by atoms with Gasteiger partial charge in [0.15, 0.2) is 0 Å². The number of rotatable bonds is 1. The molecule has 18 heavy (non-hydrogen) atoms. The highest BCUT2D eigenvalue weighted by Gasteiger charge is 2.25. The summed E-state index contributed by atoms with van der Waals surface area (Å²) in [6.07, 6.45) is 1.92. The molecule has 0 spiro atoms. The van der Waals surface area contributed by atoms with Crippen LogP contribution in [0.15, 0.2) is 12.1 Å². The zero-order valence-electron chi connectivity index (χ0n) is 11.5. The highest BCUT2D eigenvalue weighted by Crippen LogP contribution is 2.33. The van der Waals surface area contributed by atoms with Crippen LogP contribution in [0.3, 0.4) is 0 Å². The monoisotopic (exact) mass is 247 g/mol. The Morgan fingerprint density at radius 1 is 1.39 bits per heavy atom. The molecule has 0 radical (unpaired) electrons. The molecule has 0 bridgehead atoms. The number of nitrogens with two attached hydrogens (primary N) is 1. The zero-order chi connectivity index (χ0) is 13.5. The number of benzene rings is 1. The van der Waals surface area contributed by atoms with Gasteiger partial charge >= 0.3 is 5.97 Å². The van der Waals surface area contributed by atoms with E-state index in [1.807, 2.05) is 39.8 Å². The van der Waals surface area contributed by atoms with Gasteiger partial charge in [-0.1, -0.05) is 6.07 Å². The molecule has 0 heterocycles. The molecule has 0 unspecified atom stereocenters. The first-order valence-electron chi connectivity index (χ1n) is 6.41. The lowest BCUT2D eigenvalue weighted by Crippen LogP contribution is -2.24. The first-order valence-corrected chi connectivity index (χ1v) is 6.41. The van der Waals surface area contributed by atoms with Gasteiger partial charge in [-0.3, -0.25) is 0 Å². The van der Waals surface area contributed by atoms with Crippen LogP contribution >= 0.6 is 0 Å². The molecule has 0 aromatic heterocycles. The molecule has 1 aromatic rings. The number of ether oxygens (including phenoxy) is 1. The van der Waals surface area contributed by atoms with Gasteiger partial charge < -0.3 is 10.5 Å². The second kappa shape index (κ2) is 4.39. The molecule has 98 valence electrons. The molecule has 1 aromatic carbocycles. The lowest BCUT2D eigenvalue weighted by Gasteiger charge is -2.21. The number of esters is 1. The number of hydrogen-bond donors (Lipinski definition) is 1. The van der Waals surface area contributed by atoms with Crippen molar-refractivity contribution < 1.29 is 9.53 Å². The van der Waals surface area contributed by atoms with Crippen molar-refractivity contribution in [3.05, 3.63) is 34.4 Å². The second-order valence-corrected chi connectivity index (χ2v) is 5.95. The third-order valence-electron chi connectivity index (χ3n) is 3.36. The number of carbonyl (C=O) groups excluding carboxylic acids is 1. The van der Waals surface area contributed by atoms with E-state index in [1.165, 1.54) is 11.1 Å². The predicted molar refractivity (Wildman–Crippen MR) is 71.6 cm³/mol. The van der Waals surface area contributed by atoms with Crippen molar-refractivity contribution in [3.63, 3.8) is 0 Å². The Bertz CT molecular complexity index is 486. The van der Waals surface area contributed by atoms with Gasteiger partial charge in [-0.25, -0.2) is 4.79 Å². The van der Waals surface area contributed by atoms with E-state index in [9.17, 15) is 4.79 Å². The average molecular weight is 247 g/mol. The minimum Gasteiger partial charge on any atom is -0.456 e. The van der Waals surface area contributed by atoms with E-state index in [1.54, 1.807) is 0 Å². The van der Waals surface area contributed by atoms with E-state index in [2.05, 4.69) is 0 Å². The highest BCUT2D eigenvalue weighted by molar-refractivity contribution is 5.92. The molecule has 0 amide bonds. The van der Waals surface area contributed by atoms with Crippen molar-refractivity contribution in [2.45, 2.75) is 52.2 Å². The predicted octanol–water partition coefficient (Wildman–Crippen LogP) is 2.90. The maximum atomic E-state index is 12.1. The van der Waals surface area contributed by atoms with Gasteiger partial charge in [0.1, 0.15) is 5.60 Å². The molecular weight excluding hydrogens is 226 g/mol. The zero-order valence-corrected chi connectivity index (χ0v) is 11.5. The quantitative estimate of drug-likeness (QED) is 0.776. The number of fused-ring (bicyclic) bond motifs is 1. The molecule has 1 aliphatic carbocycles. The maximum absolute atomic E-state index is 12.1. The SMILES string of the molecule is Cc1c(C(=O)OC(C)(C)C)ccc2c1CC[C@@H]2N. The summed E-state index contributed by atoms with van der Waals surface area (Å²) in [5.41, 5.74) is 9.66. The molecule has 3 nitrogen and oxygen atoms in total. The largest absolute Gasteiger partial charge is 0.456 e. The summed E-state index contributed by atoms with van der Waals surface area (Å²) in [7, 11) is 0. The van der Waals surface area contributed by atoms with E-state index >= 15 is 0 Å². The minimum atomic E-state index is -0.459. The maximum Gasteiger partial charge on any atom is 0.338 e. The third kappa shape index (κ3) is 2.41. The Hall–Kier alpha value is -1.35. The Morgan fingerprint density at radius 3 is 2.67 bits per heavy atom. The molecule has 3 heteroatoms. The summed E-state index contributed by atoms with van der Waals surface area (Å²) in [6.45, 7) is 7.62. The second-order valence-electron chi connectivity index (χ2n) is 5.95. The van der Waals surface area contributed by atoms with Crippen molar-refractivity contribution in [1.82, 2.24) is 0 Å². The van der Waals surface area contributed by atoms with Gasteiger partial charge in [-0.2, -0.15) is 0 Å². The summed E-state index contributed by atoms with van der Waals surface area (Å²) >= 11 is 0. The van der Waals surface area contributed by atoms with Crippen LogP contribution in [-0.2, 0) is 11.2 Å². The van der Waals surface area contributed by atoms with Gasteiger partial charge in [-0.15, -0.1) is 0 Å². The Balaban J connectivity index is 2.34. The lowest BCUT2D eigenvalue weighted by atomic mass is 9.98. The normalized spacial score (nSPS) is 18.6. The molecule has 2 N–H and O–H groups in total. The molecule has 1 aliphatic rings. The smallest absolute Gasteiger partial charge is 0.338 e. The minimum absolute atomic E-state index is 0.117. The Morgan fingerprint density at radius 2 is 2.06 bits per heavy atom. The van der Waals surface area contributed by atoms with E-state index < -0.39 is 5.60 Å². The highest BCUT2D eigenvalue weighted by atomic mass is 16.6. The fourth-order valence-corrected chi connectivity index (χ4v) is 2.47. The van der Waals surface area contributed by atoms with Crippen LogP contribution < -0.4 is 5.73 Å². The van der Waals surface area contributed by atoms with Gasteiger partial charge in [0.05, 0.1) is 5.56 Å². The molecular formula is C15H21NO2. The van der Waals surface area contributed by atoms with Crippen molar-refractivity contribution in [3.8, 4) is 0 Å². The fraction of sp³-hybridized carbons (Fsp3) is 0.533. The van der Waals surface area contributed by atoms with Gasteiger partial charge in [0.2, 0.25) is 0 Å². The fourth-order valence-electron chi connectivity index (χ4n) is 2.47. The van der Waals surface area contributed by atoms with Crippen LogP contribution in [0.25, 0.3) is 0 Å². The van der Waals surface area contributed by atoms with E-state index in [0.717, 1.165) is 18.4 Å². The Kier molecular flexibility index (Phi) is 3.20. The van der Waals surface area contributed by atoms with Gasteiger partial charge in [0.25, 0.3) is 0 Å². The lowest BCUT2D eigenvalue weighted by molar-refractivity contribution is 0.00686. The molecule has 0 saturated carbocycles. The first kappa shape index (κ1) is 13.1. The summed E-state index contributed by atoms with van der Waals surface area (Å²) in [5, 5.41) is 0. The van der Waals surface area contributed by atoms with Gasteiger partial charge in [0, 0.05) is 6.04 Å². The van der Waals surface area contributed by atoms with Crippen LogP contribution in [-0.4, -0.2) is 11.6 Å². The number of carbonyl (C=O) groups is 1. The molecule has 0 saturated heterocycles. The van der Waals surface area contributed by atoms with Crippen molar-refractivity contribution in [1.29, 1.82) is 0 Å². The summed E-state index contributed by atoms with van der Waals surface area (Å²) in [4.78, 5) is 12.1. The van der Waals surface area contributed by atoms with Crippen LogP contribution in [0.1, 0.15) is 60.3 Å². The molecule has 1 atom stereocenters. The topological polar surface area (TPSA) is 52.3 Å². The Labute approximate surface area is 108 Å². The van der Waals surface area contributed by atoms with Crippen molar-refractivity contribution >= 4 is 5.97 Å². The van der Waals surface area contributed by atoms with Crippen LogP contribution in [0.2, 0.25) is 0 Å². The van der Waals surface area contributed by atoms with Crippen molar-refractivity contribution in [2.75, 3.05) is 0 Å². The summed E-state index contributed by atoms with van der Waals surface area (Å²) < 4.78 is 5.42.